The van der Waals surface area contributed by atoms with Crippen LogP contribution in [0.5, 0.6) is 0 Å². The van der Waals surface area contributed by atoms with E-state index in [1.165, 1.54) is 36.8 Å². The summed E-state index contributed by atoms with van der Waals surface area (Å²) in [5, 5.41) is 1.23. The highest BCUT2D eigenvalue weighted by Gasteiger charge is 2.06. The second-order valence-electron chi connectivity index (χ2n) is 4.81. The van der Waals surface area contributed by atoms with E-state index in [1.54, 1.807) is 0 Å². The number of fused-ring (bicyclic) bond motifs is 1. The van der Waals surface area contributed by atoms with Crippen molar-refractivity contribution in [1.82, 2.24) is 9.97 Å². The second kappa shape index (κ2) is 6.48. The fourth-order valence-corrected chi connectivity index (χ4v) is 2.18. The van der Waals surface area contributed by atoms with Gasteiger partial charge in [-0.1, -0.05) is 44.9 Å². The molecule has 1 heterocycles. The van der Waals surface area contributed by atoms with Gasteiger partial charge in [-0.15, -0.1) is 0 Å². The molecule has 18 heavy (non-hydrogen) atoms. The zero-order valence-electron chi connectivity index (χ0n) is 11.4. The van der Waals surface area contributed by atoms with Crippen molar-refractivity contribution < 1.29 is 0 Å². The Kier molecular flexibility index (Phi) is 4.68. The number of para-hydroxylation sites is 1. The molecule has 0 amide bonds. The Bertz CT molecular complexity index is 505. The molecule has 0 spiro atoms. The molecule has 2 heteroatoms. The van der Waals surface area contributed by atoms with Crippen molar-refractivity contribution in [2.75, 3.05) is 0 Å². The average molecular weight is 242 g/mol. The summed E-state index contributed by atoms with van der Waals surface area (Å²) in [5.41, 5.74) is 2.33. The summed E-state index contributed by atoms with van der Waals surface area (Å²) in [5.74, 6) is 1.02. The Balaban J connectivity index is 2.36. The molecule has 0 aliphatic carbocycles. The lowest BCUT2D eigenvalue weighted by Crippen LogP contribution is -2.01. The third-order valence-corrected chi connectivity index (χ3v) is 3.25. The van der Waals surface area contributed by atoms with E-state index < -0.39 is 0 Å². The third-order valence-electron chi connectivity index (χ3n) is 3.25. The Morgan fingerprint density at radius 3 is 2.39 bits per heavy atom. The van der Waals surface area contributed by atoms with Crippen LogP contribution in [0.25, 0.3) is 10.9 Å². The molecule has 96 valence electrons. The monoisotopic (exact) mass is 242 g/mol. The van der Waals surface area contributed by atoms with Gasteiger partial charge in [0.2, 0.25) is 0 Å². The highest BCUT2D eigenvalue weighted by Crippen LogP contribution is 2.18. The van der Waals surface area contributed by atoms with Gasteiger partial charge in [-0.3, -0.25) is 0 Å². The molecule has 0 aliphatic heterocycles. The van der Waals surface area contributed by atoms with Crippen LogP contribution in [-0.2, 0) is 12.8 Å². The highest BCUT2D eigenvalue weighted by molar-refractivity contribution is 5.80. The maximum Gasteiger partial charge on any atom is 0.129 e. The van der Waals surface area contributed by atoms with Crippen LogP contribution in [0.2, 0.25) is 0 Å². The number of aromatic nitrogens is 2. The maximum atomic E-state index is 4.76. The second-order valence-corrected chi connectivity index (χ2v) is 4.81. The van der Waals surface area contributed by atoms with Gasteiger partial charge in [0.25, 0.3) is 0 Å². The Morgan fingerprint density at radius 1 is 0.889 bits per heavy atom. The number of hydrogen-bond donors (Lipinski definition) is 0. The SMILES string of the molecule is CCCCc1nc(CCCC)c2ccccc2n1. The number of benzene rings is 1. The number of nitrogens with zero attached hydrogens (tertiary/aromatic N) is 2. The van der Waals surface area contributed by atoms with Gasteiger partial charge >= 0.3 is 0 Å². The molecule has 0 fully saturated rings. The van der Waals surface area contributed by atoms with Gasteiger partial charge in [0.15, 0.2) is 0 Å². The van der Waals surface area contributed by atoms with Gasteiger partial charge in [0.05, 0.1) is 11.2 Å². The minimum Gasteiger partial charge on any atom is -0.237 e. The van der Waals surface area contributed by atoms with Crippen molar-refractivity contribution in [1.29, 1.82) is 0 Å². The van der Waals surface area contributed by atoms with E-state index in [2.05, 4.69) is 43.1 Å². The van der Waals surface area contributed by atoms with Crippen molar-refractivity contribution in [2.24, 2.45) is 0 Å². The molecule has 0 saturated carbocycles. The standard InChI is InChI=1S/C16H22N2/c1-3-5-10-14-13-9-7-8-11-15(13)18-16(17-14)12-6-4-2/h7-9,11H,3-6,10,12H2,1-2H3. The molecule has 0 unspecified atom stereocenters. The van der Waals surface area contributed by atoms with Gasteiger partial charge in [0, 0.05) is 11.8 Å². The van der Waals surface area contributed by atoms with E-state index in [1.807, 2.05) is 0 Å². The number of hydrogen-bond acceptors (Lipinski definition) is 2. The molecule has 0 N–H and O–H groups in total. The Morgan fingerprint density at radius 2 is 1.61 bits per heavy atom. The van der Waals surface area contributed by atoms with E-state index in [9.17, 15) is 0 Å². The third kappa shape index (κ3) is 3.06. The van der Waals surface area contributed by atoms with E-state index >= 15 is 0 Å². The Labute approximate surface area is 109 Å². The molecule has 1 aromatic heterocycles. The zero-order valence-corrected chi connectivity index (χ0v) is 11.4. The molecule has 2 aromatic rings. The van der Waals surface area contributed by atoms with Crippen LogP contribution in [0.1, 0.15) is 51.0 Å². The molecule has 0 aliphatic rings. The quantitative estimate of drug-likeness (QED) is 0.754. The average Bonchev–Trinajstić information content (AvgIpc) is 2.42. The normalized spacial score (nSPS) is 11.0. The fraction of sp³-hybridized carbons (Fsp3) is 0.500. The number of aryl methyl sites for hydroxylation is 2. The summed E-state index contributed by atoms with van der Waals surface area (Å²) in [6.45, 7) is 4.43. The molecule has 0 saturated heterocycles. The van der Waals surface area contributed by atoms with E-state index in [-0.39, 0.29) is 0 Å². The molecule has 1 aromatic carbocycles. The van der Waals surface area contributed by atoms with Crippen LogP contribution in [0, 0.1) is 0 Å². The molecule has 0 radical (unpaired) electrons. The molecule has 0 bridgehead atoms. The molecule has 0 atom stereocenters. The van der Waals surface area contributed by atoms with Crippen LogP contribution < -0.4 is 0 Å². The van der Waals surface area contributed by atoms with Crippen molar-refractivity contribution in [3.63, 3.8) is 0 Å². The van der Waals surface area contributed by atoms with Crippen molar-refractivity contribution in [3.8, 4) is 0 Å². The van der Waals surface area contributed by atoms with Crippen LogP contribution in [-0.4, -0.2) is 9.97 Å². The van der Waals surface area contributed by atoms with Crippen LogP contribution in [0.15, 0.2) is 24.3 Å². The predicted octanol–water partition coefficient (Wildman–Crippen LogP) is 4.32. The van der Waals surface area contributed by atoms with Crippen LogP contribution in [0.4, 0.5) is 0 Å². The summed E-state index contributed by atoms with van der Waals surface area (Å²) in [7, 11) is 0. The topological polar surface area (TPSA) is 25.8 Å². The lowest BCUT2D eigenvalue weighted by atomic mass is 10.1. The Hall–Kier alpha value is -1.44. The van der Waals surface area contributed by atoms with Gasteiger partial charge in [-0.2, -0.15) is 0 Å². The molecule has 2 nitrogen and oxygen atoms in total. The van der Waals surface area contributed by atoms with Crippen molar-refractivity contribution in [3.05, 3.63) is 35.8 Å². The summed E-state index contributed by atoms with van der Waals surface area (Å²) < 4.78 is 0. The fourth-order valence-electron chi connectivity index (χ4n) is 2.18. The first-order valence-electron chi connectivity index (χ1n) is 7.09. The van der Waals surface area contributed by atoms with E-state index in [0.717, 1.165) is 24.2 Å². The largest absolute Gasteiger partial charge is 0.237 e. The molecular weight excluding hydrogens is 220 g/mol. The predicted molar refractivity (Wildman–Crippen MR) is 76.8 cm³/mol. The number of unbranched alkanes of at least 4 members (excludes halogenated alkanes) is 2. The zero-order chi connectivity index (χ0) is 12.8. The molecular formula is C16H22N2. The van der Waals surface area contributed by atoms with Gasteiger partial charge < -0.3 is 0 Å². The maximum absolute atomic E-state index is 4.76. The van der Waals surface area contributed by atoms with Crippen molar-refractivity contribution in [2.45, 2.75) is 52.4 Å². The first-order chi connectivity index (χ1) is 8.85. The molecule has 2 rings (SSSR count). The highest BCUT2D eigenvalue weighted by atomic mass is 14.9. The minimum absolute atomic E-state index is 1.00. The summed E-state index contributed by atoms with van der Waals surface area (Å²) >= 11 is 0. The summed E-state index contributed by atoms with van der Waals surface area (Å²) in [6, 6.07) is 8.38. The smallest absolute Gasteiger partial charge is 0.129 e. The van der Waals surface area contributed by atoms with Gasteiger partial charge in [0.1, 0.15) is 5.82 Å². The first kappa shape index (κ1) is 13.0. The van der Waals surface area contributed by atoms with Crippen LogP contribution >= 0.6 is 0 Å². The van der Waals surface area contributed by atoms with E-state index in [0.29, 0.717) is 0 Å². The lowest BCUT2D eigenvalue weighted by molar-refractivity contribution is 0.733. The lowest BCUT2D eigenvalue weighted by Gasteiger charge is -2.08. The van der Waals surface area contributed by atoms with Gasteiger partial charge in [-0.25, -0.2) is 9.97 Å². The summed E-state index contributed by atoms with van der Waals surface area (Å²) in [6.07, 6.45) is 6.85. The van der Waals surface area contributed by atoms with Crippen LogP contribution in [0.3, 0.4) is 0 Å². The summed E-state index contributed by atoms with van der Waals surface area (Å²) in [4.78, 5) is 9.44. The minimum atomic E-state index is 1.00. The first-order valence-corrected chi connectivity index (χ1v) is 7.09. The van der Waals surface area contributed by atoms with Gasteiger partial charge in [-0.05, 0) is 25.3 Å². The van der Waals surface area contributed by atoms with Crippen molar-refractivity contribution >= 4 is 10.9 Å². The van der Waals surface area contributed by atoms with E-state index in [4.69, 9.17) is 4.98 Å². The number of rotatable bonds is 6.